The molecule has 1 heterocycles. The molecule has 142 valence electrons. The zero-order valence-corrected chi connectivity index (χ0v) is 17.1. The van der Waals surface area contributed by atoms with Gasteiger partial charge in [0.1, 0.15) is 0 Å². The van der Waals surface area contributed by atoms with E-state index in [0.29, 0.717) is 22.9 Å². The second-order valence-corrected chi connectivity index (χ2v) is 10.1. The summed E-state index contributed by atoms with van der Waals surface area (Å²) >= 11 is 7.59. The minimum Gasteiger partial charge on any atom is -0.310 e. The Morgan fingerprint density at radius 3 is 2.70 bits per heavy atom. The van der Waals surface area contributed by atoms with E-state index in [1.54, 1.807) is 60.0 Å². The highest BCUT2D eigenvalue weighted by Gasteiger charge is 2.36. The number of aryl methyl sites for hydroxylation is 1. The molecule has 0 bridgehead atoms. The van der Waals surface area contributed by atoms with E-state index in [2.05, 4.69) is 4.72 Å². The van der Waals surface area contributed by atoms with Gasteiger partial charge in [-0.05, 0) is 61.7 Å². The van der Waals surface area contributed by atoms with Gasteiger partial charge in [-0.1, -0.05) is 11.6 Å². The molecule has 4 rings (SSSR count). The van der Waals surface area contributed by atoms with Gasteiger partial charge >= 0.3 is 0 Å². The number of hydrogen-bond acceptors (Lipinski definition) is 4. The second-order valence-electron chi connectivity index (χ2n) is 6.81. The van der Waals surface area contributed by atoms with Crippen LogP contribution < -0.4 is 9.62 Å². The lowest BCUT2D eigenvalue weighted by molar-refractivity contribution is -0.119. The average Bonchev–Trinajstić information content (AvgIpc) is 3.47. The summed E-state index contributed by atoms with van der Waals surface area (Å²) in [4.78, 5) is 15.4. The normalized spacial score (nSPS) is 16.7. The van der Waals surface area contributed by atoms with Gasteiger partial charge in [0.15, 0.2) is 0 Å². The van der Waals surface area contributed by atoms with E-state index in [0.717, 1.165) is 29.1 Å². The van der Waals surface area contributed by atoms with Gasteiger partial charge < -0.3 is 4.90 Å². The number of nitrogens with one attached hydrogen (secondary N) is 1. The minimum atomic E-state index is -3.78. The van der Waals surface area contributed by atoms with E-state index in [4.69, 9.17) is 11.6 Å². The van der Waals surface area contributed by atoms with Crippen molar-refractivity contribution >= 4 is 50.7 Å². The molecule has 8 heteroatoms. The van der Waals surface area contributed by atoms with Crippen LogP contribution in [0.15, 0.2) is 46.2 Å². The SMILES string of the molecule is Cc1cc(Cl)ccc1NS(=O)(=O)c1ccc2c(c1)N(C(=O)C1CC1)CCS2. The smallest absolute Gasteiger partial charge is 0.261 e. The predicted octanol–water partition coefficient (Wildman–Crippen LogP) is 4.30. The maximum absolute atomic E-state index is 12.9. The molecule has 1 N–H and O–H groups in total. The molecule has 0 saturated heterocycles. The van der Waals surface area contributed by atoms with Gasteiger partial charge in [-0.15, -0.1) is 11.8 Å². The van der Waals surface area contributed by atoms with Gasteiger partial charge in [-0.2, -0.15) is 0 Å². The van der Waals surface area contributed by atoms with Crippen molar-refractivity contribution < 1.29 is 13.2 Å². The molecule has 1 amide bonds. The summed E-state index contributed by atoms with van der Waals surface area (Å²) in [5, 5.41) is 0.551. The number of amides is 1. The minimum absolute atomic E-state index is 0.0936. The van der Waals surface area contributed by atoms with Gasteiger partial charge in [0.25, 0.3) is 10.0 Å². The van der Waals surface area contributed by atoms with E-state index in [1.165, 1.54) is 0 Å². The average molecular weight is 423 g/mol. The number of benzene rings is 2. The van der Waals surface area contributed by atoms with Crippen molar-refractivity contribution in [1.82, 2.24) is 0 Å². The largest absolute Gasteiger partial charge is 0.310 e. The van der Waals surface area contributed by atoms with Crippen LogP contribution in [0.4, 0.5) is 11.4 Å². The van der Waals surface area contributed by atoms with Crippen LogP contribution in [0.2, 0.25) is 5.02 Å². The van der Waals surface area contributed by atoms with E-state index < -0.39 is 10.0 Å². The Morgan fingerprint density at radius 1 is 1.22 bits per heavy atom. The number of carbonyl (C=O) groups is 1. The Hall–Kier alpha value is -1.70. The summed E-state index contributed by atoms with van der Waals surface area (Å²) < 4.78 is 28.4. The molecule has 0 atom stereocenters. The number of hydrogen-bond donors (Lipinski definition) is 1. The number of rotatable bonds is 4. The van der Waals surface area contributed by atoms with Crippen molar-refractivity contribution in [2.24, 2.45) is 5.92 Å². The Kier molecular flexibility index (Phi) is 4.86. The quantitative estimate of drug-likeness (QED) is 0.797. The number of fused-ring (bicyclic) bond motifs is 1. The van der Waals surface area contributed by atoms with Gasteiger partial charge in [0.2, 0.25) is 5.91 Å². The summed E-state index contributed by atoms with van der Waals surface area (Å²) in [6, 6.07) is 9.98. The summed E-state index contributed by atoms with van der Waals surface area (Å²) in [5.74, 6) is 1.02. The number of halogens is 1. The standard InChI is InChI=1S/C19H19ClN2O3S2/c1-12-10-14(20)4-6-16(12)21-27(24,25)15-5-7-18-17(11-15)22(8-9-26-18)19(23)13-2-3-13/h4-7,10-11,13,21H,2-3,8-9H2,1H3. The Morgan fingerprint density at radius 2 is 2.00 bits per heavy atom. The maximum atomic E-state index is 12.9. The number of carbonyl (C=O) groups excluding carboxylic acids is 1. The fraction of sp³-hybridized carbons (Fsp3) is 0.316. The molecule has 1 fully saturated rings. The van der Waals surface area contributed by atoms with E-state index in [9.17, 15) is 13.2 Å². The fourth-order valence-corrected chi connectivity index (χ4v) is 5.44. The Bertz CT molecular complexity index is 1020. The van der Waals surface area contributed by atoms with Crippen molar-refractivity contribution in [3.8, 4) is 0 Å². The molecule has 2 aliphatic rings. The molecule has 0 spiro atoms. The van der Waals surface area contributed by atoms with Crippen LogP contribution in [-0.4, -0.2) is 26.6 Å². The van der Waals surface area contributed by atoms with Crippen LogP contribution in [0.25, 0.3) is 0 Å². The number of thioether (sulfide) groups is 1. The van der Waals surface area contributed by atoms with Gasteiger partial charge in [-0.25, -0.2) is 8.42 Å². The van der Waals surface area contributed by atoms with Gasteiger partial charge in [0, 0.05) is 28.1 Å². The van der Waals surface area contributed by atoms with Gasteiger partial charge in [-0.3, -0.25) is 9.52 Å². The number of anilines is 2. The van der Waals surface area contributed by atoms with Crippen molar-refractivity contribution in [1.29, 1.82) is 0 Å². The predicted molar refractivity (Wildman–Crippen MR) is 109 cm³/mol. The molecule has 1 saturated carbocycles. The van der Waals surface area contributed by atoms with Crippen LogP contribution in [0.3, 0.4) is 0 Å². The summed E-state index contributed by atoms with van der Waals surface area (Å²) in [7, 11) is -3.78. The van der Waals surface area contributed by atoms with Crippen molar-refractivity contribution in [2.75, 3.05) is 21.9 Å². The van der Waals surface area contributed by atoms with Crippen molar-refractivity contribution in [2.45, 2.75) is 29.6 Å². The molecule has 1 aliphatic carbocycles. The van der Waals surface area contributed by atoms with Crippen LogP contribution in [0, 0.1) is 12.8 Å². The molecule has 0 radical (unpaired) electrons. The Balaban J connectivity index is 1.67. The first-order chi connectivity index (χ1) is 12.8. The molecule has 27 heavy (non-hydrogen) atoms. The molecule has 0 unspecified atom stereocenters. The fourth-order valence-electron chi connectivity index (χ4n) is 3.09. The van der Waals surface area contributed by atoms with Crippen LogP contribution >= 0.6 is 23.4 Å². The first-order valence-corrected chi connectivity index (χ1v) is 11.6. The zero-order valence-electron chi connectivity index (χ0n) is 14.7. The van der Waals surface area contributed by atoms with E-state index >= 15 is 0 Å². The molecule has 5 nitrogen and oxygen atoms in total. The van der Waals surface area contributed by atoms with Crippen molar-refractivity contribution in [3.05, 3.63) is 47.0 Å². The number of sulfonamides is 1. The maximum Gasteiger partial charge on any atom is 0.261 e. The molecule has 2 aromatic rings. The van der Waals surface area contributed by atoms with Crippen LogP contribution in [-0.2, 0) is 14.8 Å². The third-order valence-electron chi connectivity index (χ3n) is 4.73. The lowest BCUT2D eigenvalue weighted by Crippen LogP contribution is -2.36. The van der Waals surface area contributed by atoms with Gasteiger partial charge in [0.05, 0.1) is 16.3 Å². The van der Waals surface area contributed by atoms with E-state index in [1.807, 2.05) is 0 Å². The Labute approximate surface area is 168 Å². The van der Waals surface area contributed by atoms with Crippen LogP contribution in [0.5, 0.6) is 0 Å². The lowest BCUT2D eigenvalue weighted by Gasteiger charge is -2.29. The molecule has 1 aliphatic heterocycles. The lowest BCUT2D eigenvalue weighted by atomic mass is 10.2. The summed E-state index contributed by atoms with van der Waals surface area (Å²) in [6.45, 7) is 2.41. The third-order valence-corrected chi connectivity index (χ3v) is 7.37. The first kappa shape index (κ1) is 18.7. The number of nitrogens with zero attached hydrogens (tertiary/aromatic N) is 1. The summed E-state index contributed by atoms with van der Waals surface area (Å²) in [5.41, 5.74) is 1.92. The molecule has 0 aromatic heterocycles. The highest BCUT2D eigenvalue weighted by atomic mass is 35.5. The highest BCUT2D eigenvalue weighted by Crippen LogP contribution is 2.40. The molecular weight excluding hydrogens is 404 g/mol. The summed E-state index contributed by atoms with van der Waals surface area (Å²) in [6.07, 6.45) is 1.85. The zero-order chi connectivity index (χ0) is 19.2. The topological polar surface area (TPSA) is 66.5 Å². The monoisotopic (exact) mass is 422 g/mol. The second kappa shape index (κ2) is 7.04. The van der Waals surface area contributed by atoms with E-state index in [-0.39, 0.29) is 16.7 Å². The molecule has 2 aromatic carbocycles. The van der Waals surface area contributed by atoms with Crippen molar-refractivity contribution in [3.63, 3.8) is 0 Å². The van der Waals surface area contributed by atoms with Crippen LogP contribution in [0.1, 0.15) is 18.4 Å². The highest BCUT2D eigenvalue weighted by molar-refractivity contribution is 7.99. The third kappa shape index (κ3) is 3.81. The first-order valence-electron chi connectivity index (χ1n) is 8.72. The molecular formula is C19H19ClN2O3S2.